The molecule has 76 valence electrons. The largest absolute Gasteiger partial charge is 0.493 e. The predicted octanol–water partition coefficient (Wildman–Crippen LogP) is 2.03. The molecule has 1 aromatic rings. The lowest BCUT2D eigenvalue weighted by molar-refractivity contribution is 0.0522. The Morgan fingerprint density at radius 2 is 2.36 bits per heavy atom. The molecule has 1 heterocycles. The van der Waals surface area contributed by atoms with Crippen LogP contribution in [-0.2, 0) is 4.74 Å². The summed E-state index contributed by atoms with van der Waals surface area (Å²) in [4.78, 5) is 15.4. The first kappa shape index (κ1) is 11.0. The molecule has 0 atom stereocenters. The lowest BCUT2D eigenvalue weighted by Crippen LogP contribution is -2.07. The second-order valence-corrected chi connectivity index (χ2v) is 3.15. The molecule has 0 N–H and O–H groups in total. The van der Waals surface area contributed by atoms with E-state index in [-0.39, 0.29) is 0 Å². The van der Waals surface area contributed by atoms with E-state index in [0.717, 1.165) is 0 Å². The van der Waals surface area contributed by atoms with Gasteiger partial charge in [-0.25, -0.2) is 9.78 Å². The SMILES string of the molecule is CCOC(=O)c1ccnc(Br)c1OC. The molecule has 5 heteroatoms. The van der Waals surface area contributed by atoms with Crippen LogP contribution in [0.15, 0.2) is 16.9 Å². The summed E-state index contributed by atoms with van der Waals surface area (Å²) in [6.07, 6.45) is 1.51. The van der Waals surface area contributed by atoms with E-state index in [9.17, 15) is 4.79 Å². The van der Waals surface area contributed by atoms with Crippen LogP contribution in [0.4, 0.5) is 0 Å². The van der Waals surface area contributed by atoms with Crippen LogP contribution >= 0.6 is 15.9 Å². The summed E-state index contributed by atoms with van der Waals surface area (Å²) < 4.78 is 10.4. The van der Waals surface area contributed by atoms with E-state index in [4.69, 9.17) is 9.47 Å². The Labute approximate surface area is 90.4 Å². The third-order valence-corrected chi connectivity index (χ3v) is 2.13. The number of halogens is 1. The van der Waals surface area contributed by atoms with Crippen molar-refractivity contribution in [2.75, 3.05) is 13.7 Å². The fourth-order valence-corrected chi connectivity index (χ4v) is 1.48. The molecule has 0 aliphatic heterocycles. The number of ether oxygens (including phenoxy) is 2. The Bertz CT molecular complexity index is 341. The summed E-state index contributed by atoms with van der Waals surface area (Å²) in [5, 5.41) is 0. The van der Waals surface area contributed by atoms with E-state index in [1.807, 2.05) is 0 Å². The van der Waals surface area contributed by atoms with Crippen LogP contribution in [-0.4, -0.2) is 24.7 Å². The molecular formula is C9H10BrNO3. The van der Waals surface area contributed by atoms with Gasteiger partial charge in [0.1, 0.15) is 10.2 Å². The molecule has 0 saturated carbocycles. The zero-order valence-corrected chi connectivity index (χ0v) is 9.50. The van der Waals surface area contributed by atoms with Gasteiger partial charge in [0.25, 0.3) is 0 Å². The summed E-state index contributed by atoms with van der Waals surface area (Å²) in [6.45, 7) is 2.09. The van der Waals surface area contributed by atoms with Crippen LogP contribution in [0.25, 0.3) is 0 Å². The molecule has 0 spiro atoms. The average Bonchev–Trinajstić information content (AvgIpc) is 2.17. The van der Waals surface area contributed by atoms with Crippen LogP contribution in [0.1, 0.15) is 17.3 Å². The summed E-state index contributed by atoms with van der Waals surface area (Å²) in [7, 11) is 1.48. The number of aromatic nitrogens is 1. The summed E-state index contributed by atoms with van der Waals surface area (Å²) >= 11 is 3.18. The number of rotatable bonds is 3. The van der Waals surface area contributed by atoms with Gasteiger partial charge in [-0.1, -0.05) is 0 Å². The van der Waals surface area contributed by atoms with Gasteiger partial charge in [-0.3, -0.25) is 0 Å². The van der Waals surface area contributed by atoms with E-state index in [1.165, 1.54) is 13.3 Å². The van der Waals surface area contributed by atoms with Crippen molar-refractivity contribution in [1.29, 1.82) is 0 Å². The minimum Gasteiger partial charge on any atom is -0.493 e. The maximum Gasteiger partial charge on any atom is 0.342 e. The quantitative estimate of drug-likeness (QED) is 0.616. The fraction of sp³-hybridized carbons (Fsp3) is 0.333. The molecule has 0 fully saturated rings. The van der Waals surface area contributed by atoms with Gasteiger partial charge in [-0.15, -0.1) is 0 Å². The highest BCUT2D eigenvalue weighted by Crippen LogP contribution is 2.26. The van der Waals surface area contributed by atoms with E-state index in [0.29, 0.717) is 22.5 Å². The monoisotopic (exact) mass is 259 g/mol. The van der Waals surface area contributed by atoms with Gasteiger partial charge >= 0.3 is 5.97 Å². The number of carbonyl (C=O) groups excluding carboxylic acids is 1. The molecule has 14 heavy (non-hydrogen) atoms. The molecule has 4 nitrogen and oxygen atoms in total. The molecule has 0 unspecified atom stereocenters. The predicted molar refractivity (Wildman–Crippen MR) is 54.4 cm³/mol. The highest BCUT2D eigenvalue weighted by molar-refractivity contribution is 9.10. The van der Waals surface area contributed by atoms with Crippen molar-refractivity contribution in [1.82, 2.24) is 4.98 Å². The van der Waals surface area contributed by atoms with Crippen LogP contribution < -0.4 is 4.74 Å². The number of methoxy groups -OCH3 is 1. The topological polar surface area (TPSA) is 48.4 Å². The van der Waals surface area contributed by atoms with Gasteiger partial charge in [0.2, 0.25) is 0 Å². The van der Waals surface area contributed by atoms with E-state index < -0.39 is 5.97 Å². The summed E-state index contributed by atoms with van der Waals surface area (Å²) in [5.41, 5.74) is 0.372. The normalized spacial score (nSPS) is 9.64. The molecule has 0 bridgehead atoms. The maximum atomic E-state index is 11.4. The van der Waals surface area contributed by atoms with E-state index in [2.05, 4.69) is 20.9 Å². The molecule has 0 saturated heterocycles. The first-order valence-corrected chi connectivity index (χ1v) is 4.85. The molecule has 0 radical (unpaired) electrons. The molecule has 1 aromatic heterocycles. The Morgan fingerprint density at radius 1 is 1.64 bits per heavy atom. The standard InChI is InChI=1S/C9H10BrNO3/c1-3-14-9(12)6-4-5-11-8(10)7(6)13-2/h4-5H,3H2,1-2H3. The third kappa shape index (κ3) is 2.23. The van der Waals surface area contributed by atoms with Crippen LogP contribution in [0.3, 0.4) is 0 Å². The van der Waals surface area contributed by atoms with Gasteiger partial charge in [-0.2, -0.15) is 0 Å². The Kier molecular flexibility index (Phi) is 3.88. The second-order valence-electron chi connectivity index (χ2n) is 2.40. The number of carbonyl (C=O) groups is 1. The highest BCUT2D eigenvalue weighted by Gasteiger charge is 2.15. The minimum absolute atomic E-state index is 0.335. The van der Waals surface area contributed by atoms with Gasteiger partial charge < -0.3 is 9.47 Å². The molecule has 0 amide bonds. The fourth-order valence-electron chi connectivity index (χ4n) is 0.986. The maximum absolute atomic E-state index is 11.4. The van der Waals surface area contributed by atoms with Gasteiger partial charge in [0, 0.05) is 6.20 Å². The lowest BCUT2D eigenvalue weighted by atomic mass is 10.2. The molecule has 0 aromatic carbocycles. The molecule has 0 aliphatic rings. The average molecular weight is 260 g/mol. The van der Waals surface area contributed by atoms with Crippen molar-refractivity contribution in [3.05, 3.63) is 22.4 Å². The smallest absolute Gasteiger partial charge is 0.342 e. The number of pyridine rings is 1. The molecule has 0 aliphatic carbocycles. The number of hydrogen-bond acceptors (Lipinski definition) is 4. The van der Waals surface area contributed by atoms with E-state index >= 15 is 0 Å². The molecular weight excluding hydrogens is 250 g/mol. The van der Waals surface area contributed by atoms with Crippen molar-refractivity contribution in [3.8, 4) is 5.75 Å². The minimum atomic E-state index is -0.410. The zero-order chi connectivity index (χ0) is 10.6. The Balaban J connectivity index is 3.07. The Morgan fingerprint density at radius 3 is 2.93 bits per heavy atom. The second kappa shape index (κ2) is 4.95. The lowest BCUT2D eigenvalue weighted by Gasteiger charge is -2.07. The number of hydrogen-bond donors (Lipinski definition) is 0. The zero-order valence-electron chi connectivity index (χ0n) is 7.91. The Hall–Kier alpha value is -1.10. The van der Waals surface area contributed by atoms with Gasteiger partial charge in [0.05, 0.1) is 13.7 Å². The van der Waals surface area contributed by atoms with Crippen molar-refractivity contribution in [2.24, 2.45) is 0 Å². The third-order valence-electron chi connectivity index (χ3n) is 1.56. The summed E-state index contributed by atoms with van der Waals surface area (Å²) in [6, 6.07) is 1.56. The van der Waals surface area contributed by atoms with Crippen LogP contribution in [0.5, 0.6) is 5.75 Å². The first-order valence-electron chi connectivity index (χ1n) is 4.06. The number of esters is 1. The van der Waals surface area contributed by atoms with Gasteiger partial charge in [0.15, 0.2) is 5.75 Å². The molecule has 1 rings (SSSR count). The highest BCUT2D eigenvalue weighted by atomic mass is 79.9. The number of nitrogens with zero attached hydrogens (tertiary/aromatic N) is 1. The summed E-state index contributed by atoms with van der Waals surface area (Å²) in [5.74, 6) is -0.0154. The van der Waals surface area contributed by atoms with Crippen LogP contribution in [0, 0.1) is 0 Å². The van der Waals surface area contributed by atoms with Crippen LogP contribution in [0.2, 0.25) is 0 Å². The van der Waals surface area contributed by atoms with E-state index in [1.54, 1.807) is 13.0 Å². The van der Waals surface area contributed by atoms with Crippen molar-refractivity contribution < 1.29 is 14.3 Å². The van der Waals surface area contributed by atoms with Crippen molar-refractivity contribution >= 4 is 21.9 Å². The van der Waals surface area contributed by atoms with Crippen molar-refractivity contribution in [2.45, 2.75) is 6.92 Å². The first-order chi connectivity index (χ1) is 6.70. The van der Waals surface area contributed by atoms with Crippen molar-refractivity contribution in [3.63, 3.8) is 0 Å². The van der Waals surface area contributed by atoms with Gasteiger partial charge in [-0.05, 0) is 28.9 Å².